The van der Waals surface area contributed by atoms with Crippen molar-refractivity contribution in [2.24, 2.45) is 5.92 Å². The number of rotatable bonds is 9. The molecule has 1 heterocycles. The minimum Gasteiger partial charge on any atom is -0.481 e. The molecule has 3 atom stereocenters. The lowest BCUT2D eigenvalue weighted by atomic mass is 9.78. The zero-order valence-electron chi connectivity index (χ0n) is 18.9. The van der Waals surface area contributed by atoms with Crippen molar-refractivity contribution in [1.29, 1.82) is 0 Å². The van der Waals surface area contributed by atoms with E-state index in [1.165, 1.54) is 11.8 Å². The van der Waals surface area contributed by atoms with Crippen LogP contribution in [0.15, 0.2) is 52.3 Å². The van der Waals surface area contributed by atoms with Crippen molar-refractivity contribution in [1.82, 2.24) is 5.32 Å². The number of nitrogens with one attached hydrogen (secondary N) is 1. The maximum absolute atomic E-state index is 12.3. The number of hydrogen-bond acceptors (Lipinski definition) is 7. The SMILES string of the molecule is Cc1ccc(Sc2ccccc2N2CCNCC2C(C(=O)O)C(O)(CC(=O)O)C(=O)O)c(C)c1. The van der Waals surface area contributed by atoms with Gasteiger partial charge in [0.25, 0.3) is 0 Å². The number of piperazine rings is 1. The van der Waals surface area contributed by atoms with E-state index >= 15 is 0 Å². The van der Waals surface area contributed by atoms with E-state index in [2.05, 4.69) is 11.4 Å². The lowest BCUT2D eigenvalue weighted by Crippen LogP contribution is -2.64. The van der Waals surface area contributed by atoms with E-state index in [-0.39, 0.29) is 6.54 Å². The fraction of sp³-hybridized carbons (Fsp3) is 0.375. The zero-order chi connectivity index (χ0) is 25.0. The van der Waals surface area contributed by atoms with E-state index in [1.807, 2.05) is 44.2 Å². The van der Waals surface area contributed by atoms with Crippen LogP contribution in [0.25, 0.3) is 0 Å². The summed E-state index contributed by atoms with van der Waals surface area (Å²) in [6.45, 7) is 4.94. The molecule has 1 saturated heterocycles. The van der Waals surface area contributed by atoms with Gasteiger partial charge in [-0.25, -0.2) is 4.79 Å². The molecule has 10 heteroatoms. The van der Waals surface area contributed by atoms with Crippen molar-refractivity contribution >= 4 is 35.4 Å². The van der Waals surface area contributed by atoms with Gasteiger partial charge in [0, 0.05) is 29.4 Å². The van der Waals surface area contributed by atoms with Crippen molar-refractivity contribution < 1.29 is 34.8 Å². The molecule has 0 spiro atoms. The fourth-order valence-corrected chi connectivity index (χ4v) is 5.40. The summed E-state index contributed by atoms with van der Waals surface area (Å²) in [4.78, 5) is 39.2. The molecule has 182 valence electrons. The molecular formula is C24H28N2O7S. The predicted molar refractivity (Wildman–Crippen MR) is 126 cm³/mol. The van der Waals surface area contributed by atoms with Crippen LogP contribution >= 0.6 is 11.8 Å². The smallest absolute Gasteiger partial charge is 0.337 e. The monoisotopic (exact) mass is 488 g/mol. The number of hydrogen-bond donors (Lipinski definition) is 5. The van der Waals surface area contributed by atoms with Crippen molar-refractivity contribution in [3.8, 4) is 0 Å². The molecule has 2 aromatic carbocycles. The van der Waals surface area contributed by atoms with Crippen LogP contribution in [0.5, 0.6) is 0 Å². The molecule has 9 nitrogen and oxygen atoms in total. The van der Waals surface area contributed by atoms with E-state index in [0.717, 1.165) is 20.9 Å². The first-order valence-corrected chi connectivity index (χ1v) is 11.6. The summed E-state index contributed by atoms with van der Waals surface area (Å²) in [5.74, 6) is -6.96. The molecule has 34 heavy (non-hydrogen) atoms. The Hall–Kier alpha value is -3.08. The van der Waals surface area contributed by atoms with Crippen molar-refractivity contribution in [3.63, 3.8) is 0 Å². The molecule has 0 amide bonds. The second-order valence-electron chi connectivity index (χ2n) is 8.42. The van der Waals surface area contributed by atoms with Gasteiger partial charge in [-0.3, -0.25) is 9.59 Å². The van der Waals surface area contributed by atoms with Gasteiger partial charge in [-0.1, -0.05) is 41.6 Å². The molecule has 3 unspecified atom stereocenters. The molecule has 2 aromatic rings. The zero-order valence-corrected chi connectivity index (χ0v) is 19.7. The highest BCUT2D eigenvalue weighted by molar-refractivity contribution is 7.99. The van der Waals surface area contributed by atoms with E-state index in [0.29, 0.717) is 18.8 Å². The average Bonchev–Trinajstić information content (AvgIpc) is 2.76. The molecular weight excluding hydrogens is 460 g/mol. The van der Waals surface area contributed by atoms with Crippen LogP contribution in [0.3, 0.4) is 0 Å². The third-order valence-corrected chi connectivity index (χ3v) is 7.21. The first-order chi connectivity index (χ1) is 16.0. The number of aliphatic hydroxyl groups is 1. The molecule has 0 bridgehead atoms. The second-order valence-corrected chi connectivity index (χ2v) is 9.50. The van der Waals surface area contributed by atoms with Crippen LogP contribution < -0.4 is 10.2 Å². The van der Waals surface area contributed by atoms with Gasteiger partial charge in [0.2, 0.25) is 0 Å². The number of para-hydroxylation sites is 1. The van der Waals surface area contributed by atoms with Gasteiger partial charge in [0.15, 0.2) is 5.60 Å². The predicted octanol–water partition coefficient (Wildman–Crippen LogP) is 2.22. The Balaban J connectivity index is 2.05. The van der Waals surface area contributed by atoms with Crippen LogP contribution in [0.1, 0.15) is 17.5 Å². The first kappa shape index (κ1) is 25.5. The van der Waals surface area contributed by atoms with Crippen LogP contribution in [0.4, 0.5) is 5.69 Å². The van der Waals surface area contributed by atoms with Gasteiger partial charge in [0.1, 0.15) is 5.92 Å². The minimum atomic E-state index is -2.99. The third-order valence-electron chi connectivity index (χ3n) is 5.96. The number of aliphatic carboxylic acids is 3. The average molecular weight is 489 g/mol. The van der Waals surface area contributed by atoms with Crippen LogP contribution in [0, 0.1) is 19.8 Å². The number of carbonyl (C=O) groups is 3. The lowest BCUT2D eigenvalue weighted by Gasteiger charge is -2.44. The summed E-state index contributed by atoms with van der Waals surface area (Å²) in [6.07, 6.45) is -1.23. The van der Waals surface area contributed by atoms with Gasteiger partial charge < -0.3 is 30.6 Å². The Bertz CT molecular complexity index is 1090. The number of anilines is 1. The largest absolute Gasteiger partial charge is 0.481 e. The molecule has 0 aromatic heterocycles. The first-order valence-electron chi connectivity index (χ1n) is 10.8. The maximum Gasteiger partial charge on any atom is 0.337 e. The summed E-state index contributed by atoms with van der Waals surface area (Å²) in [7, 11) is 0. The highest BCUT2D eigenvalue weighted by Crippen LogP contribution is 2.40. The lowest BCUT2D eigenvalue weighted by molar-refractivity contribution is -0.180. The Kier molecular flexibility index (Phi) is 7.86. The normalized spacial score (nSPS) is 18.7. The Morgan fingerprint density at radius 2 is 1.82 bits per heavy atom. The maximum atomic E-state index is 12.3. The van der Waals surface area contributed by atoms with Crippen molar-refractivity contribution in [2.45, 2.75) is 41.7 Å². The second kappa shape index (κ2) is 10.5. The van der Waals surface area contributed by atoms with E-state index in [4.69, 9.17) is 0 Å². The van der Waals surface area contributed by atoms with Crippen molar-refractivity contribution in [2.75, 3.05) is 24.5 Å². The Morgan fingerprint density at radius 3 is 2.44 bits per heavy atom. The number of carboxylic acid groups (broad SMARTS) is 3. The highest BCUT2D eigenvalue weighted by Gasteiger charge is 2.55. The number of carboxylic acids is 3. The quantitative estimate of drug-likeness (QED) is 0.356. The topological polar surface area (TPSA) is 147 Å². The van der Waals surface area contributed by atoms with Crippen molar-refractivity contribution in [3.05, 3.63) is 53.6 Å². The standard InChI is InChI=1S/C24H28N2O7S/c1-14-7-8-18(15(2)11-14)34-19-6-4-3-5-16(19)26-10-9-25-13-17(26)21(22(29)30)24(33,23(31)32)12-20(27)28/h3-8,11,17,21,25,33H,9-10,12-13H2,1-2H3,(H,27,28)(H,29,30)(H,31,32). The number of benzene rings is 2. The fourth-order valence-electron chi connectivity index (χ4n) is 4.37. The molecule has 1 aliphatic heterocycles. The van der Waals surface area contributed by atoms with Gasteiger partial charge in [-0.05, 0) is 37.6 Å². The van der Waals surface area contributed by atoms with E-state index in [1.54, 1.807) is 11.0 Å². The number of aryl methyl sites for hydroxylation is 2. The molecule has 1 aliphatic rings. The van der Waals surface area contributed by atoms with Gasteiger partial charge in [-0.15, -0.1) is 0 Å². The molecule has 5 N–H and O–H groups in total. The highest BCUT2D eigenvalue weighted by atomic mass is 32.2. The number of nitrogens with zero attached hydrogens (tertiary/aromatic N) is 1. The Morgan fingerprint density at radius 1 is 1.12 bits per heavy atom. The van der Waals surface area contributed by atoms with Crippen LogP contribution in [-0.2, 0) is 14.4 Å². The van der Waals surface area contributed by atoms with E-state index < -0.39 is 41.9 Å². The molecule has 0 radical (unpaired) electrons. The van der Waals surface area contributed by atoms with Gasteiger partial charge in [-0.2, -0.15) is 0 Å². The summed E-state index contributed by atoms with van der Waals surface area (Å²) in [5.41, 5.74) is -0.0852. The van der Waals surface area contributed by atoms with Gasteiger partial charge in [0.05, 0.1) is 18.2 Å². The minimum absolute atomic E-state index is 0.0642. The van der Waals surface area contributed by atoms with E-state index in [9.17, 15) is 34.8 Å². The third kappa shape index (κ3) is 5.35. The van der Waals surface area contributed by atoms with Crippen LogP contribution in [-0.4, -0.2) is 69.6 Å². The van der Waals surface area contributed by atoms with Crippen LogP contribution in [0.2, 0.25) is 0 Å². The molecule has 0 aliphatic carbocycles. The summed E-state index contributed by atoms with van der Waals surface area (Å²) >= 11 is 1.51. The molecule has 3 rings (SSSR count). The molecule has 0 saturated carbocycles. The summed E-state index contributed by atoms with van der Waals surface area (Å²) in [5, 5.41) is 42.8. The summed E-state index contributed by atoms with van der Waals surface area (Å²) in [6, 6.07) is 12.5. The molecule has 1 fully saturated rings. The van der Waals surface area contributed by atoms with Gasteiger partial charge >= 0.3 is 17.9 Å². The summed E-state index contributed by atoms with van der Waals surface area (Å²) < 4.78 is 0. The Labute approximate surface area is 201 Å².